The molecule has 1 aromatic rings. The molecule has 1 aromatic heterocycles. The lowest BCUT2D eigenvalue weighted by Crippen LogP contribution is -2.38. The van der Waals surface area contributed by atoms with Crippen LogP contribution in [0.5, 0.6) is 0 Å². The van der Waals surface area contributed by atoms with E-state index in [4.69, 9.17) is 5.73 Å². The molecule has 1 fully saturated rings. The zero-order valence-corrected chi connectivity index (χ0v) is 12.7. The Bertz CT molecular complexity index is 395. The highest BCUT2D eigenvalue weighted by molar-refractivity contribution is 5.40. The van der Waals surface area contributed by atoms with Crippen molar-refractivity contribution >= 4 is 5.82 Å². The van der Waals surface area contributed by atoms with Gasteiger partial charge in [-0.05, 0) is 42.7 Å². The molecule has 2 rings (SSSR count). The number of nitrogens with zero attached hydrogens (tertiary/aromatic N) is 2. The minimum Gasteiger partial charge on any atom is -0.357 e. The van der Waals surface area contributed by atoms with Gasteiger partial charge in [-0.2, -0.15) is 0 Å². The minimum absolute atomic E-state index is 0.0631. The number of aromatic nitrogens is 1. The third kappa shape index (κ3) is 3.47. The van der Waals surface area contributed by atoms with Gasteiger partial charge in [-0.15, -0.1) is 0 Å². The predicted octanol–water partition coefficient (Wildman–Crippen LogP) is 3.36. The van der Waals surface area contributed by atoms with Crippen molar-refractivity contribution in [2.45, 2.75) is 46.6 Å². The van der Waals surface area contributed by atoms with Crippen molar-refractivity contribution in [3.63, 3.8) is 0 Å². The normalized spacial score (nSPS) is 19.5. The summed E-state index contributed by atoms with van der Waals surface area (Å²) in [5.74, 6) is 1.92. The number of hydrogen-bond acceptors (Lipinski definition) is 3. The van der Waals surface area contributed by atoms with Crippen LogP contribution in [0.1, 0.15) is 52.1 Å². The molecule has 2 heterocycles. The molecule has 0 spiro atoms. The predicted molar refractivity (Wildman–Crippen MR) is 81.2 cm³/mol. The maximum absolute atomic E-state index is 5.85. The summed E-state index contributed by atoms with van der Waals surface area (Å²) >= 11 is 0. The lowest BCUT2D eigenvalue weighted by atomic mass is 9.75. The molecule has 1 saturated heterocycles. The maximum Gasteiger partial charge on any atom is 0.128 e. The van der Waals surface area contributed by atoms with E-state index in [1.165, 1.54) is 12.8 Å². The van der Waals surface area contributed by atoms with E-state index in [0.29, 0.717) is 5.41 Å². The summed E-state index contributed by atoms with van der Waals surface area (Å²) in [4.78, 5) is 6.95. The van der Waals surface area contributed by atoms with Crippen LogP contribution in [0, 0.1) is 11.3 Å². The van der Waals surface area contributed by atoms with Crippen LogP contribution in [-0.4, -0.2) is 18.1 Å². The van der Waals surface area contributed by atoms with E-state index in [9.17, 15) is 0 Å². The van der Waals surface area contributed by atoms with Crippen LogP contribution in [0.4, 0.5) is 5.82 Å². The maximum atomic E-state index is 5.85. The second-order valence-corrected chi connectivity index (χ2v) is 6.87. The number of anilines is 1. The molecule has 1 aliphatic heterocycles. The molecule has 0 amide bonds. The molecule has 106 valence electrons. The Morgan fingerprint density at radius 2 is 1.89 bits per heavy atom. The van der Waals surface area contributed by atoms with Crippen LogP contribution in [0.25, 0.3) is 0 Å². The van der Waals surface area contributed by atoms with Gasteiger partial charge in [-0.1, -0.05) is 26.8 Å². The van der Waals surface area contributed by atoms with E-state index in [2.05, 4.69) is 42.8 Å². The van der Waals surface area contributed by atoms with E-state index in [-0.39, 0.29) is 6.04 Å². The first-order valence-electron chi connectivity index (χ1n) is 7.34. The Balaban J connectivity index is 1.98. The van der Waals surface area contributed by atoms with E-state index in [1.807, 2.05) is 13.1 Å². The average Bonchev–Trinajstić information content (AvgIpc) is 2.38. The second-order valence-electron chi connectivity index (χ2n) is 6.87. The molecule has 0 radical (unpaired) electrons. The lowest BCUT2D eigenvalue weighted by molar-refractivity contribution is 0.198. The Morgan fingerprint density at radius 1 is 1.26 bits per heavy atom. The Kier molecular flexibility index (Phi) is 4.14. The number of hydrogen-bond donors (Lipinski definition) is 1. The lowest BCUT2D eigenvalue weighted by Gasteiger charge is -2.39. The first kappa shape index (κ1) is 14.3. The van der Waals surface area contributed by atoms with Gasteiger partial charge in [-0.25, -0.2) is 4.98 Å². The Labute approximate surface area is 117 Å². The number of piperidine rings is 1. The summed E-state index contributed by atoms with van der Waals surface area (Å²) < 4.78 is 0. The van der Waals surface area contributed by atoms with E-state index in [0.717, 1.165) is 30.4 Å². The Morgan fingerprint density at radius 3 is 2.32 bits per heavy atom. The smallest absolute Gasteiger partial charge is 0.128 e. The molecule has 0 saturated carbocycles. The van der Waals surface area contributed by atoms with E-state index < -0.39 is 0 Å². The molecule has 3 heteroatoms. The molecule has 1 aliphatic rings. The average molecular weight is 261 g/mol. The zero-order valence-electron chi connectivity index (χ0n) is 12.7. The van der Waals surface area contributed by atoms with Crippen molar-refractivity contribution in [2.75, 3.05) is 18.0 Å². The molecule has 3 nitrogen and oxygen atoms in total. The molecule has 2 N–H and O–H groups in total. The highest BCUT2D eigenvalue weighted by Crippen LogP contribution is 2.35. The van der Waals surface area contributed by atoms with Gasteiger partial charge in [0.15, 0.2) is 0 Å². The monoisotopic (exact) mass is 261 g/mol. The van der Waals surface area contributed by atoms with Crippen molar-refractivity contribution in [2.24, 2.45) is 17.1 Å². The number of nitrogens with two attached hydrogens (primary N) is 1. The molecular weight excluding hydrogens is 234 g/mol. The fourth-order valence-corrected chi connectivity index (χ4v) is 2.83. The van der Waals surface area contributed by atoms with Gasteiger partial charge in [-0.3, -0.25) is 0 Å². The van der Waals surface area contributed by atoms with Gasteiger partial charge in [0.05, 0.1) is 0 Å². The summed E-state index contributed by atoms with van der Waals surface area (Å²) in [5, 5.41) is 0. The van der Waals surface area contributed by atoms with E-state index >= 15 is 0 Å². The van der Waals surface area contributed by atoms with Crippen molar-refractivity contribution in [1.29, 1.82) is 0 Å². The SMILES string of the molecule is C[C@H](N)c1ccc(N2CCC(C(C)(C)C)CC2)nc1. The van der Waals surface area contributed by atoms with Gasteiger partial charge in [0.2, 0.25) is 0 Å². The molecule has 0 aliphatic carbocycles. The minimum atomic E-state index is 0.0631. The van der Waals surface area contributed by atoms with Gasteiger partial charge >= 0.3 is 0 Å². The summed E-state index contributed by atoms with van der Waals surface area (Å²) in [7, 11) is 0. The fraction of sp³-hybridized carbons (Fsp3) is 0.688. The summed E-state index contributed by atoms with van der Waals surface area (Å²) in [6.07, 6.45) is 4.44. The molecule has 19 heavy (non-hydrogen) atoms. The molecule has 1 atom stereocenters. The van der Waals surface area contributed by atoms with Crippen LogP contribution in [0.2, 0.25) is 0 Å². The highest BCUT2D eigenvalue weighted by atomic mass is 15.2. The van der Waals surface area contributed by atoms with Crippen molar-refractivity contribution < 1.29 is 0 Å². The second kappa shape index (κ2) is 5.49. The molecule has 0 bridgehead atoms. The highest BCUT2D eigenvalue weighted by Gasteiger charge is 2.29. The molecule has 0 aromatic carbocycles. The zero-order chi connectivity index (χ0) is 14.0. The topological polar surface area (TPSA) is 42.1 Å². The third-order valence-electron chi connectivity index (χ3n) is 4.34. The quantitative estimate of drug-likeness (QED) is 0.887. The Hall–Kier alpha value is -1.09. The largest absolute Gasteiger partial charge is 0.357 e. The first-order valence-corrected chi connectivity index (χ1v) is 7.34. The van der Waals surface area contributed by atoms with Crippen molar-refractivity contribution in [3.05, 3.63) is 23.9 Å². The van der Waals surface area contributed by atoms with Gasteiger partial charge < -0.3 is 10.6 Å². The fourth-order valence-electron chi connectivity index (χ4n) is 2.83. The molecular formula is C16H27N3. The number of pyridine rings is 1. The van der Waals surface area contributed by atoms with Crippen LogP contribution in [-0.2, 0) is 0 Å². The van der Waals surface area contributed by atoms with Crippen LogP contribution in [0.3, 0.4) is 0 Å². The standard InChI is InChI=1S/C16H27N3/c1-12(17)13-5-6-15(18-11-13)19-9-7-14(8-10-19)16(2,3)4/h5-6,11-12,14H,7-10,17H2,1-4H3/t12-/m0/s1. The van der Waals surface area contributed by atoms with E-state index in [1.54, 1.807) is 0 Å². The summed E-state index contributed by atoms with van der Waals surface area (Å²) in [6, 6.07) is 4.27. The summed E-state index contributed by atoms with van der Waals surface area (Å²) in [6.45, 7) is 11.3. The van der Waals surface area contributed by atoms with Crippen molar-refractivity contribution in [3.8, 4) is 0 Å². The molecule has 0 unspecified atom stereocenters. The van der Waals surface area contributed by atoms with Crippen LogP contribution >= 0.6 is 0 Å². The first-order chi connectivity index (χ1) is 8.88. The van der Waals surface area contributed by atoms with Crippen molar-refractivity contribution in [1.82, 2.24) is 4.98 Å². The van der Waals surface area contributed by atoms with Gasteiger partial charge in [0.25, 0.3) is 0 Å². The summed E-state index contributed by atoms with van der Waals surface area (Å²) in [5.41, 5.74) is 7.39. The van der Waals surface area contributed by atoms with Gasteiger partial charge in [0, 0.05) is 25.3 Å². The van der Waals surface area contributed by atoms with Crippen LogP contribution in [0.15, 0.2) is 18.3 Å². The van der Waals surface area contributed by atoms with Crippen LogP contribution < -0.4 is 10.6 Å². The third-order valence-corrected chi connectivity index (χ3v) is 4.34. The number of rotatable bonds is 2. The van der Waals surface area contributed by atoms with Gasteiger partial charge in [0.1, 0.15) is 5.82 Å².